The Morgan fingerprint density at radius 3 is 2.89 bits per heavy atom. The van der Waals surface area contributed by atoms with Gasteiger partial charge in [0.2, 0.25) is 0 Å². The summed E-state index contributed by atoms with van der Waals surface area (Å²) in [4.78, 5) is 18.7. The molecular weight excluding hydrogens is 268 g/mol. The number of nitrogens with two attached hydrogens (primary N) is 1. The van der Waals surface area contributed by atoms with Crippen molar-refractivity contribution >= 4 is 35.2 Å². The second-order valence-corrected chi connectivity index (χ2v) is 3.69. The van der Waals surface area contributed by atoms with Crippen LogP contribution in [0, 0.1) is 0 Å². The van der Waals surface area contributed by atoms with E-state index in [1.807, 2.05) is 24.3 Å². The quantitative estimate of drug-likeness (QED) is 0.490. The van der Waals surface area contributed by atoms with Crippen LogP contribution in [0.3, 0.4) is 0 Å². The van der Waals surface area contributed by atoms with Gasteiger partial charge >= 0.3 is 0 Å². The number of nitrogens with zero attached hydrogens (tertiary/aromatic N) is 1. The van der Waals surface area contributed by atoms with Gasteiger partial charge in [-0.2, -0.15) is 0 Å². The molecule has 1 aromatic carbocycles. The Morgan fingerprint density at radius 2 is 2.16 bits per heavy atom. The number of halogens is 1. The molecule has 1 aromatic heterocycles. The van der Waals surface area contributed by atoms with Gasteiger partial charge in [0.1, 0.15) is 0 Å². The van der Waals surface area contributed by atoms with E-state index in [0.717, 1.165) is 10.9 Å². The zero-order valence-corrected chi connectivity index (χ0v) is 10.9. The molecule has 2 rings (SSSR count). The summed E-state index contributed by atoms with van der Waals surface area (Å²) in [6.45, 7) is 0.0592. The molecule has 1 heterocycles. The van der Waals surface area contributed by atoms with E-state index >= 15 is 0 Å². The first-order valence-corrected chi connectivity index (χ1v) is 5.50. The fourth-order valence-corrected chi connectivity index (χ4v) is 1.65. The van der Waals surface area contributed by atoms with Crippen molar-refractivity contribution in [3.8, 4) is 0 Å². The summed E-state index contributed by atoms with van der Waals surface area (Å²) < 4.78 is 0. The summed E-state index contributed by atoms with van der Waals surface area (Å²) >= 11 is 0. The molecule has 7 heteroatoms. The Morgan fingerprint density at radius 1 is 1.42 bits per heavy atom. The van der Waals surface area contributed by atoms with Crippen LogP contribution in [0.25, 0.3) is 10.9 Å². The predicted molar refractivity (Wildman–Crippen MR) is 76.6 cm³/mol. The highest BCUT2D eigenvalue weighted by molar-refractivity contribution is 6.12. The maximum atomic E-state index is 11.9. The van der Waals surface area contributed by atoms with Crippen LogP contribution in [-0.4, -0.2) is 35.1 Å². The fraction of sp³-hybridized carbons (Fsp3) is 0.167. The lowest BCUT2D eigenvalue weighted by atomic mass is 10.1. The van der Waals surface area contributed by atoms with Crippen LogP contribution >= 0.6 is 12.4 Å². The van der Waals surface area contributed by atoms with Crippen LogP contribution < -0.4 is 11.1 Å². The number of H-pyrrole nitrogens is 1. The molecule has 0 aliphatic carbocycles. The van der Waals surface area contributed by atoms with Gasteiger partial charge < -0.3 is 15.8 Å². The van der Waals surface area contributed by atoms with Crippen LogP contribution in [-0.2, 0) is 0 Å². The Labute approximate surface area is 116 Å². The highest BCUT2D eigenvalue weighted by Gasteiger charge is 2.11. The lowest BCUT2D eigenvalue weighted by Gasteiger charge is -2.02. The summed E-state index contributed by atoms with van der Waals surface area (Å²) in [7, 11) is 0. The number of aromatic nitrogens is 1. The molecule has 0 saturated carbocycles. The molecule has 0 fully saturated rings. The normalized spacial score (nSPS) is 11.1. The largest absolute Gasteiger partial charge is 0.394 e. The van der Waals surface area contributed by atoms with E-state index in [-0.39, 0.29) is 37.4 Å². The third-order valence-electron chi connectivity index (χ3n) is 2.46. The number of fused-ring (bicyclic) bond motifs is 1. The van der Waals surface area contributed by atoms with Crippen LogP contribution in [0.2, 0.25) is 0 Å². The SMILES string of the molecule is Cl.NC(=NCCO)NC(=O)c1c[nH]c2ccccc12. The number of carbonyl (C=O) groups excluding carboxylic acids is 1. The van der Waals surface area contributed by atoms with Gasteiger partial charge in [0.15, 0.2) is 5.96 Å². The summed E-state index contributed by atoms with van der Waals surface area (Å²) in [5, 5.41) is 11.9. The van der Waals surface area contributed by atoms with Gasteiger partial charge in [-0.15, -0.1) is 12.4 Å². The van der Waals surface area contributed by atoms with E-state index in [9.17, 15) is 4.79 Å². The zero-order valence-electron chi connectivity index (χ0n) is 10.1. The van der Waals surface area contributed by atoms with E-state index in [0.29, 0.717) is 5.56 Å². The fourth-order valence-electron chi connectivity index (χ4n) is 1.65. The van der Waals surface area contributed by atoms with Gasteiger partial charge in [-0.25, -0.2) is 0 Å². The van der Waals surface area contributed by atoms with Gasteiger partial charge in [0.25, 0.3) is 5.91 Å². The summed E-state index contributed by atoms with van der Waals surface area (Å²) in [6, 6.07) is 7.48. The highest BCUT2D eigenvalue weighted by Crippen LogP contribution is 2.17. The third kappa shape index (κ3) is 3.46. The van der Waals surface area contributed by atoms with Crippen LogP contribution in [0.4, 0.5) is 0 Å². The molecule has 5 N–H and O–H groups in total. The summed E-state index contributed by atoms with van der Waals surface area (Å²) in [6.07, 6.45) is 1.62. The predicted octanol–water partition coefficient (Wildman–Crippen LogP) is 0.627. The van der Waals surface area contributed by atoms with Gasteiger partial charge in [-0.05, 0) is 6.07 Å². The van der Waals surface area contributed by atoms with E-state index in [1.165, 1.54) is 0 Å². The van der Waals surface area contributed by atoms with Gasteiger partial charge in [-0.3, -0.25) is 15.1 Å². The number of rotatable bonds is 3. The van der Waals surface area contributed by atoms with E-state index in [2.05, 4.69) is 15.3 Å². The topological polar surface area (TPSA) is 104 Å². The molecule has 0 aliphatic heterocycles. The highest BCUT2D eigenvalue weighted by atomic mass is 35.5. The maximum absolute atomic E-state index is 11.9. The molecule has 0 unspecified atom stereocenters. The smallest absolute Gasteiger partial charge is 0.260 e. The molecule has 2 aromatic rings. The first kappa shape index (κ1) is 15.0. The molecule has 0 radical (unpaired) electrons. The average Bonchev–Trinajstić information content (AvgIpc) is 2.80. The van der Waals surface area contributed by atoms with Crippen molar-refractivity contribution in [3.63, 3.8) is 0 Å². The van der Waals surface area contributed by atoms with Crippen molar-refractivity contribution in [2.45, 2.75) is 0 Å². The molecule has 6 nitrogen and oxygen atoms in total. The van der Waals surface area contributed by atoms with Crippen LogP contribution in [0.1, 0.15) is 10.4 Å². The van der Waals surface area contributed by atoms with Crippen LogP contribution in [0.5, 0.6) is 0 Å². The Balaban J connectivity index is 0.00000180. The first-order valence-electron chi connectivity index (χ1n) is 5.50. The van der Waals surface area contributed by atoms with E-state index in [1.54, 1.807) is 6.20 Å². The van der Waals surface area contributed by atoms with Crippen LogP contribution in [0.15, 0.2) is 35.5 Å². The minimum Gasteiger partial charge on any atom is -0.394 e. The molecule has 0 aliphatic rings. The number of amides is 1. The number of carbonyl (C=O) groups is 1. The lowest BCUT2D eigenvalue weighted by Crippen LogP contribution is -2.37. The minimum atomic E-state index is -0.327. The molecular formula is C12H15ClN4O2. The van der Waals surface area contributed by atoms with Gasteiger partial charge in [0.05, 0.1) is 18.7 Å². The third-order valence-corrected chi connectivity index (χ3v) is 2.46. The zero-order chi connectivity index (χ0) is 13.0. The van der Waals surface area contributed by atoms with Crippen molar-refractivity contribution in [3.05, 3.63) is 36.0 Å². The van der Waals surface area contributed by atoms with Crippen molar-refractivity contribution in [1.82, 2.24) is 10.3 Å². The summed E-state index contributed by atoms with van der Waals surface area (Å²) in [5.41, 5.74) is 6.90. The Hall–Kier alpha value is -2.05. The number of aliphatic hydroxyl groups is 1. The van der Waals surface area contributed by atoms with Gasteiger partial charge in [0, 0.05) is 17.1 Å². The molecule has 19 heavy (non-hydrogen) atoms. The first-order chi connectivity index (χ1) is 8.72. The average molecular weight is 283 g/mol. The molecule has 0 saturated heterocycles. The Kier molecular flexibility index (Phi) is 5.35. The molecule has 102 valence electrons. The number of aliphatic imine (C=N–C) groups is 1. The monoisotopic (exact) mass is 282 g/mol. The number of para-hydroxylation sites is 1. The maximum Gasteiger partial charge on any atom is 0.260 e. The molecule has 0 atom stereocenters. The van der Waals surface area contributed by atoms with E-state index < -0.39 is 0 Å². The number of guanidine groups is 1. The Bertz CT molecular complexity index is 594. The number of aliphatic hydroxyl groups excluding tert-OH is 1. The van der Waals surface area contributed by atoms with Crippen molar-refractivity contribution in [2.75, 3.05) is 13.2 Å². The minimum absolute atomic E-state index is 0. The number of nitrogens with one attached hydrogen (secondary N) is 2. The number of benzene rings is 1. The van der Waals surface area contributed by atoms with E-state index in [4.69, 9.17) is 10.8 Å². The molecule has 1 amide bonds. The molecule has 0 spiro atoms. The second kappa shape index (κ2) is 6.77. The summed E-state index contributed by atoms with van der Waals surface area (Å²) in [5.74, 6) is -0.328. The van der Waals surface area contributed by atoms with Crippen molar-refractivity contribution < 1.29 is 9.90 Å². The number of hydrogen-bond acceptors (Lipinski definition) is 3. The number of aromatic amines is 1. The molecule has 0 bridgehead atoms. The van der Waals surface area contributed by atoms with Crippen molar-refractivity contribution in [2.24, 2.45) is 10.7 Å². The van der Waals surface area contributed by atoms with Crippen molar-refractivity contribution in [1.29, 1.82) is 0 Å². The second-order valence-electron chi connectivity index (χ2n) is 3.69. The standard InChI is InChI=1S/C12H14N4O2.ClH/c13-12(14-5-6-17)16-11(18)9-7-15-10-4-2-1-3-8(9)10;/h1-4,7,15,17H,5-6H2,(H3,13,14,16,18);1H. The number of hydrogen-bond donors (Lipinski definition) is 4. The van der Waals surface area contributed by atoms with Gasteiger partial charge in [-0.1, -0.05) is 18.2 Å². The lowest BCUT2D eigenvalue weighted by molar-refractivity contribution is 0.0978.